The van der Waals surface area contributed by atoms with E-state index in [0.717, 1.165) is 5.56 Å². The largest absolute Gasteiger partial charge is 0.396 e. The number of hydrogen-bond donors (Lipinski definition) is 2. The Morgan fingerprint density at radius 3 is 2.76 bits per heavy atom. The van der Waals surface area contributed by atoms with Crippen molar-refractivity contribution in [1.29, 1.82) is 0 Å². The predicted octanol–water partition coefficient (Wildman–Crippen LogP) is 1.09. The van der Waals surface area contributed by atoms with Crippen molar-refractivity contribution in [1.82, 2.24) is 5.32 Å². The van der Waals surface area contributed by atoms with Crippen LogP contribution in [0.1, 0.15) is 18.9 Å². The summed E-state index contributed by atoms with van der Waals surface area (Å²) in [6, 6.07) is 9.68. The summed E-state index contributed by atoms with van der Waals surface area (Å²) in [5, 5.41) is 11.4. The number of nitrogens with one attached hydrogen (secondary N) is 1. The maximum absolute atomic E-state index is 11.4. The highest BCUT2D eigenvalue weighted by Crippen LogP contribution is 2.00. The lowest BCUT2D eigenvalue weighted by Crippen LogP contribution is -2.35. The van der Waals surface area contributed by atoms with Crippen molar-refractivity contribution >= 4 is 5.91 Å². The van der Waals surface area contributed by atoms with E-state index in [9.17, 15) is 4.79 Å². The zero-order valence-corrected chi connectivity index (χ0v) is 10.1. The molecule has 0 spiro atoms. The van der Waals surface area contributed by atoms with Crippen molar-refractivity contribution in [3.63, 3.8) is 0 Å². The monoisotopic (exact) mass is 237 g/mol. The molecular formula is C13H19NO3. The molecule has 4 heteroatoms. The number of rotatable bonds is 7. The number of aliphatic hydroxyl groups excluding tert-OH is 1. The molecule has 1 aromatic rings. The molecule has 1 aromatic carbocycles. The van der Waals surface area contributed by atoms with Crippen molar-refractivity contribution in [3.8, 4) is 0 Å². The van der Waals surface area contributed by atoms with E-state index in [0.29, 0.717) is 13.0 Å². The number of amides is 1. The Morgan fingerprint density at radius 1 is 1.41 bits per heavy atom. The first kappa shape index (κ1) is 13.7. The van der Waals surface area contributed by atoms with Gasteiger partial charge in [0.2, 0.25) is 5.91 Å². The van der Waals surface area contributed by atoms with Crippen LogP contribution in [0.4, 0.5) is 0 Å². The molecule has 0 aliphatic rings. The minimum absolute atomic E-state index is 0.0205. The molecule has 0 aliphatic carbocycles. The zero-order chi connectivity index (χ0) is 12.5. The second kappa shape index (κ2) is 7.81. The van der Waals surface area contributed by atoms with Crippen LogP contribution in [0.25, 0.3) is 0 Å². The average Bonchev–Trinajstić information content (AvgIpc) is 2.30. The van der Waals surface area contributed by atoms with Crippen molar-refractivity contribution in [2.45, 2.75) is 26.0 Å². The summed E-state index contributed by atoms with van der Waals surface area (Å²) in [6.45, 7) is 2.41. The molecule has 1 rings (SSSR count). The Morgan fingerprint density at radius 2 is 2.12 bits per heavy atom. The summed E-state index contributed by atoms with van der Waals surface area (Å²) in [5.41, 5.74) is 1.05. The van der Waals surface area contributed by atoms with Gasteiger partial charge >= 0.3 is 0 Å². The van der Waals surface area contributed by atoms with Gasteiger partial charge in [-0.3, -0.25) is 4.79 Å². The Hall–Kier alpha value is -1.39. The van der Waals surface area contributed by atoms with Gasteiger partial charge in [-0.25, -0.2) is 0 Å². The third-order valence-corrected chi connectivity index (χ3v) is 2.31. The first-order valence-electron chi connectivity index (χ1n) is 5.74. The predicted molar refractivity (Wildman–Crippen MR) is 65.4 cm³/mol. The molecule has 1 amide bonds. The summed E-state index contributed by atoms with van der Waals surface area (Å²) < 4.78 is 5.29. The molecule has 1 unspecified atom stereocenters. The molecule has 0 saturated heterocycles. The van der Waals surface area contributed by atoms with E-state index in [-0.39, 0.29) is 25.2 Å². The summed E-state index contributed by atoms with van der Waals surface area (Å²) >= 11 is 0. The molecular weight excluding hydrogens is 218 g/mol. The maximum atomic E-state index is 11.4. The molecule has 0 aliphatic heterocycles. The normalized spacial score (nSPS) is 12.1. The molecule has 94 valence electrons. The van der Waals surface area contributed by atoms with Crippen LogP contribution < -0.4 is 5.32 Å². The van der Waals surface area contributed by atoms with Gasteiger partial charge in [0.05, 0.1) is 6.61 Å². The van der Waals surface area contributed by atoms with Crippen molar-refractivity contribution in [3.05, 3.63) is 35.9 Å². The van der Waals surface area contributed by atoms with Gasteiger partial charge in [-0.2, -0.15) is 0 Å². The van der Waals surface area contributed by atoms with Gasteiger partial charge in [0, 0.05) is 12.6 Å². The second-order valence-corrected chi connectivity index (χ2v) is 3.96. The lowest BCUT2D eigenvalue weighted by molar-refractivity contribution is -0.126. The molecule has 0 aromatic heterocycles. The molecule has 0 bridgehead atoms. The van der Waals surface area contributed by atoms with E-state index >= 15 is 0 Å². The quantitative estimate of drug-likeness (QED) is 0.746. The van der Waals surface area contributed by atoms with E-state index in [1.54, 1.807) is 0 Å². The third-order valence-electron chi connectivity index (χ3n) is 2.31. The highest BCUT2D eigenvalue weighted by atomic mass is 16.5. The van der Waals surface area contributed by atoms with Crippen LogP contribution >= 0.6 is 0 Å². The van der Waals surface area contributed by atoms with E-state index in [1.165, 1.54) is 0 Å². The summed E-state index contributed by atoms with van der Waals surface area (Å²) in [5.74, 6) is -0.151. The van der Waals surface area contributed by atoms with Gasteiger partial charge in [0.1, 0.15) is 6.61 Å². The Bertz CT molecular complexity index is 327. The summed E-state index contributed by atoms with van der Waals surface area (Å²) in [6.07, 6.45) is 0.560. The van der Waals surface area contributed by atoms with Gasteiger partial charge in [0.25, 0.3) is 0 Å². The Balaban J connectivity index is 2.16. The van der Waals surface area contributed by atoms with Crippen molar-refractivity contribution < 1.29 is 14.6 Å². The number of aliphatic hydroxyl groups is 1. The molecule has 17 heavy (non-hydrogen) atoms. The highest BCUT2D eigenvalue weighted by Gasteiger charge is 2.06. The number of hydrogen-bond acceptors (Lipinski definition) is 3. The van der Waals surface area contributed by atoms with Crippen LogP contribution in [0.3, 0.4) is 0 Å². The Labute approximate surface area is 102 Å². The fourth-order valence-electron chi connectivity index (χ4n) is 1.42. The zero-order valence-electron chi connectivity index (χ0n) is 10.1. The van der Waals surface area contributed by atoms with Crippen LogP contribution in [0, 0.1) is 0 Å². The van der Waals surface area contributed by atoms with E-state index in [1.807, 2.05) is 37.3 Å². The van der Waals surface area contributed by atoms with Crippen LogP contribution in [-0.4, -0.2) is 30.3 Å². The minimum atomic E-state index is -0.151. The molecule has 4 nitrogen and oxygen atoms in total. The summed E-state index contributed by atoms with van der Waals surface area (Å²) in [4.78, 5) is 11.4. The van der Waals surface area contributed by atoms with Gasteiger partial charge < -0.3 is 15.2 Å². The average molecular weight is 237 g/mol. The maximum Gasteiger partial charge on any atom is 0.246 e. The first-order chi connectivity index (χ1) is 8.22. The fraction of sp³-hybridized carbons (Fsp3) is 0.462. The number of benzene rings is 1. The molecule has 0 heterocycles. The van der Waals surface area contributed by atoms with Crippen molar-refractivity contribution in [2.24, 2.45) is 0 Å². The van der Waals surface area contributed by atoms with E-state index < -0.39 is 0 Å². The van der Waals surface area contributed by atoms with Gasteiger partial charge in [-0.15, -0.1) is 0 Å². The summed E-state index contributed by atoms with van der Waals surface area (Å²) in [7, 11) is 0. The van der Waals surface area contributed by atoms with Gasteiger partial charge in [0.15, 0.2) is 0 Å². The highest BCUT2D eigenvalue weighted by molar-refractivity contribution is 5.77. The molecule has 1 atom stereocenters. The van der Waals surface area contributed by atoms with E-state index in [4.69, 9.17) is 9.84 Å². The first-order valence-corrected chi connectivity index (χ1v) is 5.74. The molecule has 0 saturated carbocycles. The molecule has 0 fully saturated rings. The minimum Gasteiger partial charge on any atom is -0.396 e. The lowest BCUT2D eigenvalue weighted by atomic mass is 10.2. The smallest absolute Gasteiger partial charge is 0.246 e. The van der Waals surface area contributed by atoms with Crippen LogP contribution in [0.2, 0.25) is 0 Å². The second-order valence-electron chi connectivity index (χ2n) is 3.96. The number of carbonyl (C=O) groups is 1. The van der Waals surface area contributed by atoms with Crippen LogP contribution in [0.5, 0.6) is 0 Å². The van der Waals surface area contributed by atoms with Crippen LogP contribution in [0.15, 0.2) is 30.3 Å². The van der Waals surface area contributed by atoms with Crippen LogP contribution in [-0.2, 0) is 16.1 Å². The third kappa shape index (κ3) is 6.04. The molecule has 0 radical (unpaired) electrons. The Kier molecular flexibility index (Phi) is 6.29. The molecule has 2 N–H and O–H groups in total. The SMILES string of the molecule is CC(CCO)NC(=O)COCc1ccccc1. The van der Waals surface area contributed by atoms with Gasteiger partial charge in [-0.05, 0) is 18.9 Å². The number of ether oxygens (including phenoxy) is 1. The van der Waals surface area contributed by atoms with E-state index in [2.05, 4.69) is 5.32 Å². The number of carbonyl (C=O) groups excluding carboxylic acids is 1. The standard InChI is InChI=1S/C13H19NO3/c1-11(7-8-15)14-13(16)10-17-9-12-5-3-2-4-6-12/h2-6,11,15H,7-10H2,1H3,(H,14,16). The van der Waals surface area contributed by atoms with Gasteiger partial charge in [-0.1, -0.05) is 30.3 Å². The topological polar surface area (TPSA) is 58.6 Å². The lowest BCUT2D eigenvalue weighted by Gasteiger charge is -2.12. The van der Waals surface area contributed by atoms with Crippen molar-refractivity contribution in [2.75, 3.05) is 13.2 Å². The fourth-order valence-corrected chi connectivity index (χ4v) is 1.42.